The fourth-order valence-corrected chi connectivity index (χ4v) is 2.89. The van der Waals surface area contributed by atoms with Gasteiger partial charge in [-0.2, -0.15) is 5.10 Å². The van der Waals surface area contributed by atoms with Crippen LogP contribution in [-0.2, 0) is 11.3 Å². The van der Waals surface area contributed by atoms with E-state index in [1.54, 1.807) is 35.3 Å². The zero-order valence-electron chi connectivity index (χ0n) is 15.2. The van der Waals surface area contributed by atoms with Crippen molar-refractivity contribution in [3.8, 4) is 5.75 Å². The summed E-state index contributed by atoms with van der Waals surface area (Å²) < 4.78 is 12.9. The van der Waals surface area contributed by atoms with Crippen LogP contribution in [0.15, 0.2) is 61.1 Å². The monoisotopic (exact) mass is 379 g/mol. The molecule has 2 amide bonds. The molecule has 0 aliphatic carbocycles. The number of ether oxygens (including phenoxy) is 2. The van der Waals surface area contributed by atoms with E-state index >= 15 is 0 Å². The molecule has 1 aliphatic heterocycles. The summed E-state index contributed by atoms with van der Waals surface area (Å²) in [7, 11) is 0. The number of aromatic nitrogens is 3. The van der Waals surface area contributed by atoms with Gasteiger partial charge in [-0.3, -0.25) is 15.0 Å². The largest absolute Gasteiger partial charge is 0.488 e. The Morgan fingerprint density at radius 1 is 1.14 bits per heavy atom. The molecule has 0 saturated carbocycles. The Balaban J connectivity index is 1.28. The molecule has 28 heavy (non-hydrogen) atoms. The van der Waals surface area contributed by atoms with Crippen LogP contribution >= 0.6 is 0 Å². The van der Waals surface area contributed by atoms with E-state index in [0.717, 1.165) is 24.3 Å². The van der Waals surface area contributed by atoms with Crippen LogP contribution < -0.4 is 15.4 Å². The molecule has 3 aromatic rings. The van der Waals surface area contributed by atoms with E-state index in [1.807, 2.05) is 30.5 Å². The van der Waals surface area contributed by atoms with Gasteiger partial charge >= 0.3 is 6.03 Å². The molecule has 1 unspecified atom stereocenters. The van der Waals surface area contributed by atoms with Gasteiger partial charge in [0.15, 0.2) is 5.82 Å². The average Bonchev–Trinajstić information content (AvgIpc) is 3.36. The van der Waals surface area contributed by atoms with Gasteiger partial charge in [0.25, 0.3) is 0 Å². The number of carbonyl (C=O) groups is 1. The van der Waals surface area contributed by atoms with Crippen LogP contribution in [0.4, 0.5) is 16.3 Å². The minimum absolute atomic E-state index is 0.101. The molecule has 4 rings (SSSR count). The first-order valence-corrected chi connectivity index (χ1v) is 9.09. The van der Waals surface area contributed by atoms with E-state index in [9.17, 15) is 4.79 Å². The lowest BCUT2D eigenvalue weighted by Gasteiger charge is -2.12. The lowest BCUT2D eigenvalue weighted by Crippen LogP contribution is -2.20. The highest BCUT2D eigenvalue weighted by molar-refractivity contribution is 5.99. The number of hydrogen-bond acceptors (Lipinski definition) is 5. The highest BCUT2D eigenvalue weighted by Crippen LogP contribution is 2.19. The lowest BCUT2D eigenvalue weighted by atomic mass is 10.3. The molecule has 8 heteroatoms. The predicted octanol–water partition coefficient (Wildman–Crippen LogP) is 3.14. The normalized spacial score (nSPS) is 15.9. The maximum atomic E-state index is 12.2. The van der Waals surface area contributed by atoms with Crippen molar-refractivity contribution in [2.75, 3.05) is 23.8 Å². The van der Waals surface area contributed by atoms with Crippen LogP contribution in [0.5, 0.6) is 5.75 Å². The topological polar surface area (TPSA) is 90.3 Å². The molecule has 0 spiro atoms. The first kappa shape index (κ1) is 18.0. The van der Waals surface area contributed by atoms with Crippen molar-refractivity contribution in [2.24, 2.45) is 0 Å². The fourth-order valence-electron chi connectivity index (χ4n) is 2.89. The first-order chi connectivity index (χ1) is 13.7. The highest BCUT2D eigenvalue weighted by Gasteiger charge is 2.17. The van der Waals surface area contributed by atoms with Crippen molar-refractivity contribution in [1.82, 2.24) is 14.8 Å². The first-order valence-electron chi connectivity index (χ1n) is 9.09. The summed E-state index contributed by atoms with van der Waals surface area (Å²) in [4.78, 5) is 16.2. The van der Waals surface area contributed by atoms with Gasteiger partial charge in [-0.1, -0.05) is 0 Å². The standard InChI is InChI=1S/C20H21N5O3/c26-20(22-16-1-3-17(4-2-16)28-18-8-12-27-14-18)23-19-7-11-25(24-19)13-15-5-9-21-10-6-15/h1-7,9-11,18H,8,12-14H2,(H2,22,23,24,26). The molecule has 2 aromatic heterocycles. The van der Waals surface area contributed by atoms with Gasteiger partial charge in [0, 0.05) is 36.8 Å². The number of carbonyl (C=O) groups excluding carboxylic acids is 1. The summed E-state index contributed by atoms with van der Waals surface area (Å²) in [5.41, 5.74) is 1.75. The second-order valence-corrected chi connectivity index (χ2v) is 6.46. The molecule has 1 atom stereocenters. The van der Waals surface area contributed by atoms with Gasteiger partial charge in [0.05, 0.1) is 19.8 Å². The van der Waals surface area contributed by atoms with E-state index in [-0.39, 0.29) is 12.1 Å². The molecule has 0 bridgehead atoms. The van der Waals surface area contributed by atoms with Crippen LogP contribution in [-0.4, -0.2) is 40.1 Å². The second-order valence-electron chi connectivity index (χ2n) is 6.46. The Bertz CT molecular complexity index is 905. The number of hydrogen-bond donors (Lipinski definition) is 2. The molecule has 1 saturated heterocycles. The Morgan fingerprint density at radius 2 is 1.96 bits per heavy atom. The number of anilines is 2. The maximum Gasteiger partial charge on any atom is 0.324 e. The van der Waals surface area contributed by atoms with Crippen molar-refractivity contribution in [3.63, 3.8) is 0 Å². The average molecular weight is 379 g/mol. The van der Waals surface area contributed by atoms with Crippen molar-refractivity contribution in [2.45, 2.75) is 19.1 Å². The third-order valence-electron chi connectivity index (χ3n) is 4.28. The number of benzene rings is 1. The molecule has 3 heterocycles. The Kier molecular flexibility index (Phi) is 5.48. The second kappa shape index (κ2) is 8.53. The van der Waals surface area contributed by atoms with Crippen LogP contribution in [0.3, 0.4) is 0 Å². The van der Waals surface area contributed by atoms with Crippen LogP contribution in [0.2, 0.25) is 0 Å². The molecular weight excluding hydrogens is 358 g/mol. The molecule has 1 fully saturated rings. The van der Waals surface area contributed by atoms with Crippen molar-refractivity contribution < 1.29 is 14.3 Å². The summed E-state index contributed by atoms with van der Waals surface area (Å²) in [5, 5.41) is 9.86. The molecule has 1 aliphatic rings. The summed E-state index contributed by atoms with van der Waals surface area (Å²) in [6, 6.07) is 12.5. The number of amides is 2. The maximum absolute atomic E-state index is 12.2. The van der Waals surface area contributed by atoms with Gasteiger partial charge in [0.1, 0.15) is 11.9 Å². The van der Waals surface area contributed by atoms with Gasteiger partial charge in [-0.15, -0.1) is 0 Å². The fraction of sp³-hybridized carbons (Fsp3) is 0.250. The molecule has 144 valence electrons. The van der Waals surface area contributed by atoms with E-state index < -0.39 is 0 Å². The minimum atomic E-state index is -0.355. The van der Waals surface area contributed by atoms with Crippen LogP contribution in [0.1, 0.15) is 12.0 Å². The quantitative estimate of drug-likeness (QED) is 0.687. The summed E-state index contributed by atoms with van der Waals surface area (Å²) in [6.07, 6.45) is 6.29. The van der Waals surface area contributed by atoms with E-state index in [4.69, 9.17) is 9.47 Å². The van der Waals surface area contributed by atoms with Gasteiger partial charge in [0.2, 0.25) is 0 Å². The van der Waals surface area contributed by atoms with Crippen molar-refractivity contribution in [1.29, 1.82) is 0 Å². The molecular formula is C20H21N5O3. The smallest absolute Gasteiger partial charge is 0.324 e. The summed E-state index contributed by atoms with van der Waals surface area (Å²) >= 11 is 0. The van der Waals surface area contributed by atoms with E-state index in [0.29, 0.717) is 24.7 Å². The van der Waals surface area contributed by atoms with Crippen molar-refractivity contribution >= 4 is 17.5 Å². The van der Waals surface area contributed by atoms with Crippen LogP contribution in [0.25, 0.3) is 0 Å². The third-order valence-corrected chi connectivity index (χ3v) is 4.28. The Labute approximate surface area is 162 Å². The lowest BCUT2D eigenvalue weighted by molar-refractivity contribution is 0.141. The number of pyridine rings is 1. The van der Waals surface area contributed by atoms with Gasteiger partial charge in [-0.25, -0.2) is 4.79 Å². The number of nitrogens with zero attached hydrogens (tertiary/aromatic N) is 3. The Hall–Kier alpha value is -3.39. The molecule has 1 aromatic carbocycles. The highest BCUT2D eigenvalue weighted by atomic mass is 16.5. The number of rotatable bonds is 6. The summed E-state index contributed by atoms with van der Waals surface area (Å²) in [6.45, 7) is 1.97. The predicted molar refractivity (Wildman–Crippen MR) is 105 cm³/mol. The minimum Gasteiger partial charge on any atom is -0.488 e. The molecule has 8 nitrogen and oxygen atoms in total. The van der Waals surface area contributed by atoms with Gasteiger partial charge < -0.3 is 14.8 Å². The number of urea groups is 1. The Morgan fingerprint density at radius 3 is 2.71 bits per heavy atom. The molecule has 2 N–H and O–H groups in total. The van der Waals surface area contributed by atoms with Crippen molar-refractivity contribution in [3.05, 3.63) is 66.6 Å². The van der Waals surface area contributed by atoms with Gasteiger partial charge in [-0.05, 0) is 42.0 Å². The number of nitrogens with one attached hydrogen (secondary N) is 2. The van der Waals surface area contributed by atoms with E-state index in [2.05, 4.69) is 20.7 Å². The SMILES string of the molecule is O=C(Nc1ccc(OC2CCOC2)cc1)Nc1ccn(Cc2ccncc2)n1. The molecule has 0 radical (unpaired) electrons. The zero-order valence-corrected chi connectivity index (χ0v) is 15.2. The third kappa shape index (κ3) is 4.86. The summed E-state index contributed by atoms with van der Waals surface area (Å²) in [5.74, 6) is 1.24. The zero-order chi connectivity index (χ0) is 19.2. The van der Waals surface area contributed by atoms with E-state index in [1.165, 1.54) is 0 Å². The van der Waals surface area contributed by atoms with Crippen LogP contribution in [0, 0.1) is 0 Å².